The van der Waals surface area contributed by atoms with Gasteiger partial charge in [0.15, 0.2) is 15.9 Å². The molecule has 0 aliphatic carbocycles. The fraction of sp³-hybridized carbons (Fsp3) is 0.0909. The summed E-state index contributed by atoms with van der Waals surface area (Å²) in [6.45, 7) is 0. The topological polar surface area (TPSA) is 102 Å². The molecule has 4 aromatic carbocycles. The first-order valence-electron chi connectivity index (χ1n) is 13.4. The Hall–Kier alpha value is -5.00. The molecule has 5 aromatic rings. The largest absolute Gasteiger partial charge is 0.507 e. The fourth-order valence-corrected chi connectivity index (χ4v) is 6.59. The van der Waals surface area contributed by atoms with Crippen LogP contribution in [0.1, 0.15) is 22.7 Å². The molecule has 1 aromatic heterocycles. The van der Waals surface area contributed by atoms with Gasteiger partial charge in [-0.05, 0) is 53.6 Å². The van der Waals surface area contributed by atoms with E-state index in [-0.39, 0.29) is 22.0 Å². The number of halogens is 1. The molecule has 44 heavy (non-hydrogen) atoms. The Bertz CT molecular complexity index is 1860. The lowest BCUT2D eigenvalue weighted by Crippen LogP contribution is -2.29. The van der Waals surface area contributed by atoms with Crippen molar-refractivity contribution >= 4 is 45.7 Å². The molecule has 1 aliphatic heterocycles. The smallest absolute Gasteiger partial charge is 0.301 e. The molecule has 1 aliphatic rings. The van der Waals surface area contributed by atoms with Gasteiger partial charge in [0, 0.05) is 11.3 Å². The van der Waals surface area contributed by atoms with Crippen LogP contribution in [0.4, 0.5) is 9.52 Å². The minimum atomic E-state index is -1.10. The highest BCUT2D eigenvalue weighted by molar-refractivity contribution is 8.00. The molecule has 2 heterocycles. The number of ketones is 1. The standard InChI is InChI=1S/C33H24FN3O5S2/c1-41-26-16-15-22(18-25(26)34)29(38)27-28(21-11-8-14-24(17-21)42-23-12-6-3-7-13-23)37(31(40)30(27)39)32-35-36-33(44-32)43-19-20-9-4-2-5-10-20/h2-18,28,38H,19H2,1H3/b29-27-. The second kappa shape index (κ2) is 12.7. The van der Waals surface area contributed by atoms with E-state index in [2.05, 4.69) is 10.2 Å². The van der Waals surface area contributed by atoms with Crippen LogP contribution in [0, 0.1) is 5.82 Å². The summed E-state index contributed by atoms with van der Waals surface area (Å²) in [6.07, 6.45) is 0. The number of aliphatic hydroxyl groups is 1. The maximum atomic E-state index is 14.6. The Morgan fingerprint density at radius 3 is 2.39 bits per heavy atom. The number of thioether (sulfide) groups is 1. The van der Waals surface area contributed by atoms with Crippen LogP contribution >= 0.6 is 23.1 Å². The van der Waals surface area contributed by atoms with Crippen LogP contribution in [0.5, 0.6) is 17.2 Å². The van der Waals surface area contributed by atoms with Crippen molar-refractivity contribution in [2.45, 2.75) is 16.1 Å². The normalized spacial score (nSPS) is 15.9. The molecule has 220 valence electrons. The molecule has 8 nitrogen and oxygen atoms in total. The lowest BCUT2D eigenvalue weighted by molar-refractivity contribution is -0.132. The van der Waals surface area contributed by atoms with Gasteiger partial charge in [-0.25, -0.2) is 4.39 Å². The second-order valence-electron chi connectivity index (χ2n) is 9.63. The number of anilines is 1. The van der Waals surface area contributed by atoms with Crippen LogP contribution in [0.2, 0.25) is 0 Å². The van der Waals surface area contributed by atoms with E-state index in [0.717, 1.165) is 23.0 Å². The number of carbonyl (C=O) groups is 2. The Balaban J connectivity index is 1.42. The van der Waals surface area contributed by atoms with Crippen molar-refractivity contribution in [3.63, 3.8) is 0 Å². The quantitative estimate of drug-likeness (QED) is 0.0595. The van der Waals surface area contributed by atoms with Crippen LogP contribution in [0.25, 0.3) is 5.76 Å². The Morgan fingerprint density at radius 2 is 1.66 bits per heavy atom. The summed E-state index contributed by atoms with van der Waals surface area (Å²) < 4.78 is 26.2. The van der Waals surface area contributed by atoms with Crippen LogP contribution in [-0.2, 0) is 15.3 Å². The lowest BCUT2D eigenvalue weighted by atomic mass is 9.95. The number of para-hydroxylation sites is 1. The fourth-order valence-electron chi connectivity index (χ4n) is 4.76. The van der Waals surface area contributed by atoms with E-state index in [9.17, 15) is 19.1 Å². The highest BCUT2D eigenvalue weighted by Gasteiger charge is 2.48. The summed E-state index contributed by atoms with van der Waals surface area (Å²) in [7, 11) is 1.32. The molecule has 0 spiro atoms. The molecule has 0 radical (unpaired) electrons. The van der Waals surface area contributed by atoms with Crippen LogP contribution in [0.15, 0.2) is 113 Å². The number of amides is 1. The number of ether oxygens (including phenoxy) is 2. The first kappa shape index (κ1) is 29.1. The average Bonchev–Trinajstić information content (AvgIpc) is 3.62. The third kappa shape index (κ3) is 5.92. The van der Waals surface area contributed by atoms with Gasteiger partial charge in [-0.3, -0.25) is 14.5 Å². The number of benzene rings is 4. The number of aromatic nitrogens is 2. The van der Waals surface area contributed by atoms with E-state index in [4.69, 9.17) is 9.47 Å². The van der Waals surface area contributed by atoms with E-state index in [0.29, 0.717) is 27.2 Å². The third-order valence-electron chi connectivity index (χ3n) is 6.83. The van der Waals surface area contributed by atoms with Gasteiger partial charge in [0.05, 0.1) is 18.7 Å². The zero-order valence-electron chi connectivity index (χ0n) is 23.2. The van der Waals surface area contributed by atoms with E-state index in [1.165, 1.54) is 35.9 Å². The van der Waals surface area contributed by atoms with Crippen molar-refractivity contribution in [2.24, 2.45) is 0 Å². The summed E-state index contributed by atoms with van der Waals surface area (Å²) in [5, 5.41) is 20.1. The zero-order valence-corrected chi connectivity index (χ0v) is 24.8. The molecular weight excluding hydrogens is 602 g/mol. The predicted octanol–water partition coefficient (Wildman–Crippen LogP) is 7.40. The van der Waals surface area contributed by atoms with E-state index < -0.39 is 29.3 Å². The van der Waals surface area contributed by atoms with E-state index in [1.54, 1.807) is 36.4 Å². The summed E-state index contributed by atoms with van der Waals surface area (Å²) in [4.78, 5) is 28.4. The number of rotatable bonds is 9. The minimum Gasteiger partial charge on any atom is -0.507 e. The Kier molecular flexibility index (Phi) is 8.40. The maximum Gasteiger partial charge on any atom is 0.301 e. The van der Waals surface area contributed by atoms with Crippen molar-refractivity contribution < 1.29 is 28.6 Å². The van der Waals surface area contributed by atoms with Crippen LogP contribution in [-0.4, -0.2) is 34.1 Å². The van der Waals surface area contributed by atoms with Gasteiger partial charge in [0.2, 0.25) is 5.13 Å². The molecule has 0 saturated carbocycles. The number of Topliss-reactive ketones (excluding diaryl/α,β-unsaturated/α-hetero) is 1. The summed E-state index contributed by atoms with van der Waals surface area (Å²) >= 11 is 2.61. The van der Waals surface area contributed by atoms with Gasteiger partial charge in [-0.2, -0.15) is 0 Å². The van der Waals surface area contributed by atoms with Crippen molar-refractivity contribution in [3.8, 4) is 17.2 Å². The molecular formula is C33H24FN3O5S2. The van der Waals surface area contributed by atoms with Gasteiger partial charge in [-0.1, -0.05) is 83.8 Å². The van der Waals surface area contributed by atoms with Gasteiger partial charge < -0.3 is 14.6 Å². The molecule has 0 bridgehead atoms. The molecule has 6 rings (SSSR count). The highest BCUT2D eigenvalue weighted by Crippen LogP contribution is 2.45. The van der Waals surface area contributed by atoms with Crippen molar-refractivity contribution in [1.82, 2.24) is 10.2 Å². The number of hydrogen-bond acceptors (Lipinski definition) is 9. The van der Waals surface area contributed by atoms with Gasteiger partial charge in [0.1, 0.15) is 17.3 Å². The Morgan fingerprint density at radius 1 is 0.932 bits per heavy atom. The number of methoxy groups -OCH3 is 1. The first-order chi connectivity index (χ1) is 21.4. The van der Waals surface area contributed by atoms with Crippen molar-refractivity contribution in [1.29, 1.82) is 0 Å². The van der Waals surface area contributed by atoms with Crippen molar-refractivity contribution in [3.05, 3.63) is 131 Å². The molecule has 1 saturated heterocycles. The predicted molar refractivity (Wildman–Crippen MR) is 167 cm³/mol. The SMILES string of the molecule is COc1ccc(/C(O)=C2/C(=O)C(=O)N(c3nnc(SCc4ccccc4)s3)C2c2cccc(Oc3ccccc3)c2)cc1F. The summed E-state index contributed by atoms with van der Waals surface area (Å²) in [5.74, 6) is -1.44. The molecule has 11 heteroatoms. The number of hydrogen-bond donors (Lipinski definition) is 1. The highest BCUT2D eigenvalue weighted by atomic mass is 32.2. The zero-order chi connectivity index (χ0) is 30.6. The Labute approximate surface area is 260 Å². The van der Waals surface area contributed by atoms with Gasteiger partial charge >= 0.3 is 5.91 Å². The monoisotopic (exact) mass is 625 g/mol. The number of carbonyl (C=O) groups excluding carboxylic acids is 2. The minimum absolute atomic E-state index is 0.0133. The second-order valence-corrected chi connectivity index (χ2v) is 11.8. The summed E-state index contributed by atoms with van der Waals surface area (Å²) in [6, 6.07) is 28.6. The maximum absolute atomic E-state index is 14.6. The number of nitrogens with zero attached hydrogens (tertiary/aromatic N) is 3. The lowest BCUT2D eigenvalue weighted by Gasteiger charge is -2.23. The molecule has 1 unspecified atom stereocenters. The van der Waals surface area contributed by atoms with Crippen LogP contribution < -0.4 is 14.4 Å². The first-order valence-corrected chi connectivity index (χ1v) is 15.2. The van der Waals surface area contributed by atoms with E-state index in [1.807, 2.05) is 48.5 Å². The molecule has 1 fully saturated rings. The molecule has 1 amide bonds. The third-order valence-corrected chi connectivity index (χ3v) is 8.96. The van der Waals surface area contributed by atoms with Gasteiger partial charge in [0.25, 0.3) is 5.78 Å². The van der Waals surface area contributed by atoms with Crippen molar-refractivity contribution in [2.75, 3.05) is 12.0 Å². The summed E-state index contributed by atoms with van der Waals surface area (Å²) in [5.41, 5.74) is 1.36. The molecule has 1 atom stereocenters. The molecule has 1 N–H and O–H groups in total. The number of aliphatic hydroxyl groups excluding tert-OH is 1. The van der Waals surface area contributed by atoms with Crippen LogP contribution in [0.3, 0.4) is 0 Å². The van der Waals surface area contributed by atoms with E-state index >= 15 is 0 Å². The average molecular weight is 626 g/mol. The van der Waals surface area contributed by atoms with Gasteiger partial charge in [-0.15, -0.1) is 10.2 Å².